The summed E-state index contributed by atoms with van der Waals surface area (Å²) < 4.78 is 66.0. The molecule has 0 spiro atoms. The van der Waals surface area contributed by atoms with Crippen LogP contribution in [0.4, 0.5) is 22.0 Å². The van der Waals surface area contributed by atoms with E-state index in [1.54, 1.807) is 0 Å². The van der Waals surface area contributed by atoms with Crippen molar-refractivity contribution in [3.8, 4) is 0 Å². The van der Waals surface area contributed by atoms with E-state index in [0.717, 1.165) is 4.90 Å². The zero-order valence-electron chi connectivity index (χ0n) is 11.0. The first-order valence-corrected chi connectivity index (χ1v) is 6.19. The average Bonchev–Trinajstić information content (AvgIpc) is 2.41. The van der Waals surface area contributed by atoms with Gasteiger partial charge in [0.2, 0.25) is 5.82 Å². The van der Waals surface area contributed by atoms with Gasteiger partial charge in [0.25, 0.3) is 5.91 Å². The van der Waals surface area contributed by atoms with Crippen molar-refractivity contribution in [1.82, 2.24) is 4.90 Å². The molecule has 1 aromatic rings. The summed E-state index contributed by atoms with van der Waals surface area (Å²) in [6.45, 7) is 0.0649. The molecule has 1 N–H and O–H groups in total. The van der Waals surface area contributed by atoms with Crippen LogP contribution in [0.5, 0.6) is 0 Å². The van der Waals surface area contributed by atoms with Crippen LogP contribution < -0.4 is 0 Å². The number of carbonyl (C=O) groups excluding carboxylic acids is 1. The van der Waals surface area contributed by atoms with Gasteiger partial charge in [-0.05, 0) is 18.8 Å². The van der Waals surface area contributed by atoms with Crippen molar-refractivity contribution in [3.63, 3.8) is 0 Å². The van der Waals surface area contributed by atoms with Crippen LogP contribution in [0, 0.1) is 35.0 Å². The monoisotopic (exact) mass is 309 g/mol. The van der Waals surface area contributed by atoms with Gasteiger partial charge in [-0.15, -0.1) is 0 Å². The zero-order chi connectivity index (χ0) is 15.9. The predicted molar refractivity (Wildman–Crippen MR) is 61.9 cm³/mol. The van der Waals surface area contributed by atoms with Crippen LogP contribution in [-0.2, 0) is 0 Å². The molecule has 1 fully saturated rings. The van der Waals surface area contributed by atoms with Crippen LogP contribution in [0.15, 0.2) is 0 Å². The number of hydrogen-bond acceptors (Lipinski definition) is 2. The number of nitrogens with zero attached hydrogens (tertiary/aromatic N) is 1. The summed E-state index contributed by atoms with van der Waals surface area (Å²) in [4.78, 5) is 12.8. The standard InChI is InChI=1S/C13H12F5NO2/c1-19(4-5-2-6(20)3-5)13(21)7-8(14)10(16)12(18)11(17)9(7)15/h5-6,20H,2-4H2,1H3. The quantitative estimate of drug-likeness (QED) is 0.528. The maximum Gasteiger partial charge on any atom is 0.259 e. The Bertz CT molecular complexity index is 557. The fourth-order valence-corrected chi connectivity index (χ4v) is 2.30. The highest BCUT2D eigenvalue weighted by Gasteiger charge is 2.34. The molecule has 0 bridgehead atoms. The van der Waals surface area contributed by atoms with Crippen LogP contribution in [0.1, 0.15) is 23.2 Å². The Labute approximate surface area is 117 Å². The highest BCUT2D eigenvalue weighted by Crippen LogP contribution is 2.29. The minimum absolute atomic E-state index is 0.0600. The van der Waals surface area contributed by atoms with Crippen molar-refractivity contribution < 1.29 is 31.9 Å². The first-order valence-electron chi connectivity index (χ1n) is 6.19. The molecular weight excluding hydrogens is 297 g/mol. The Balaban J connectivity index is 2.26. The van der Waals surface area contributed by atoms with Crippen molar-refractivity contribution in [2.75, 3.05) is 13.6 Å². The van der Waals surface area contributed by atoms with E-state index in [2.05, 4.69) is 0 Å². The van der Waals surface area contributed by atoms with E-state index in [4.69, 9.17) is 5.11 Å². The fraction of sp³-hybridized carbons (Fsp3) is 0.462. The molecule has 1 amide bonds. The van der Waals surface area contributed by atoms with Crippen molar-refractivity contribution in [1.29, 1.82) is 0 Å². The molecule has 0 heterocycles. The molecule has 21 heavy (non-hydrogen) atoms. The Morgan fingerprint density at radius 2 is 1.48 bits per heavy atom. The minimum Gasteiger partial charge on any atom is -0.393 e. The van der Waals surface area contributed by atoms with Gasteiger partial charge in [0.1, 0.15) is 5.56 Å². The normalized spacial score (nSPS) is 21.1. The van der Waals surface area contributed by atoms with Gasteiger partial charge in [-0.3, -0.25) is 4.79 Å². The molecule has 0 aromatic heterocycles. The number of aliphatic hydroxyl groups is 1. The van der Waals surface area contributed by atoms with Crippen molar-refractivity contribution in [3.05, 3.63) is 34.6 Å². The van der Waals surface area contributed by atoms with Crippen molar-refractivity contribution in [2.45, 2.75) is 18.9 Å². The van der Waals surface area contributed by atoms with Gasteiger partial charge >= 0.3 is 0 Å². The van der Waals surface area contributed by atoms with Gasteiger partial charge in [-0.1, -0.05) is 0 Å². The number of aliphatic hydroxyl groups excluding tert-OH is 1. The topological polar surface area (TPSA) is 40.5 Å². The molecule has 8 heteroatoms. The van der Waals surface area contributed by atoms with Crippen molar-refractivity contribution >= 4 is 5.91 Å². The van der Waals surface area contributed by atoms with E-state index in [-0.39, 0.29) is 12.5 Å². The second kappa shape index (κ2) is 5.59. The van der Waals surface area contributed by atoms with Crippen LogP contribution in [0.3, 0.4) is 0 Å². The molecule has 1 aliphatic carbocycles. The summed E-state index contributed by atoms with van der Waals surface area (Å²) in [7, 11) is 1.20. The van der Waals surface area contributed by atoms with Crippen LogP contribution in [0.2, 0.25) is 0 Å². The van der Waals surface area contributed by atoms with Crippen LogP contribution in [0.25, 0.3) is 0 Å². The van der Waals surface area contributed by atoms with E-state index in [0.29, 0.717) is 12.8 Å². The molecule has 3 nitrogen and oxygen atoms in total. The third-order valence-corrected chi connectivity index (χ3v) is 3.51. The third-order valence-electron chi connectivity index (χ3n) is 3.51. The SMILES string of the molecule is CN(CC1CC(O)C1)C(=O)c1c(F)c(F)c(F)c(F)c1F. The summed E-state index contributed by atoms with van der Waals surface area (Å²) in [5, 5.41) is 9.11. The Kier molecular flexibility index (Phi) is 4.18. The summed E-state index contributed by atoms with van der Waals surface area (Å²) in [5.74, 6) is -12.2. The van der Waals surface area contributed by atoms with E-state index in [1.165, 1.54) is 7.05 Å². The average molecular weight is 309 g/mol. The number of hydrogen-bond donors (Lipinski definition) is 1. The lowest BCUT2D eigenvalue weighted by molar-refractivity contribution is 0.0262. The maximum atomic E-state index is 13.5. The zero-order valence-corrected chi connectivity index (χ0v) is 11.0. The van der Waals surface area contributed by atoms with Gasteiger partial charge in [-0.2, -0.15) is 0 Å². The molecule has 0 saturated heterocycles. The molecule has 0 aliphatic heterocycles. The highest BCUT2D eigenvalue weighted by molar-refractivity contribution is 5.94. The molecule has 1 aliphatic rings. The van der Waals surface area contributed by atoms with Gasteiger partial charge < -0.3 is 10.0 Å². The number of rotatable bonds is 3. The van der Waals surface area contributed by atoms with Gasteiger partial charge in [0, 0.05) is 13.6 Å². The minimum atomic E-state index is -2.30. The number of halogens is 5. The molecule has 0 radical (unpaired) electrons. The molecule has 1 saturated carbocycles. The number of benzene rings is 1. The molecule has 0 unspecified atom stereocenters. The first-order chi connectivity index (χ1) is 9.73. The Morgan fingerprint density at radius 1 is 1.05 bits per heavy atom. The summed E-state index contributed by atoms with van der Waals surface area (Å²) in [6, 6.07) is 0. The van der Waals surface area contributed by atoms with Crippen LogP contribution in [-0.4, -0.2) is 35.6 Å². The molecule has 0 atom stereocenters. The third kappa shape index (κ3) is 2.72. The van der Waals surface area contributed by atoms with E-state index in [1.807, 2.05) is 0 Å². The smallest absolute Gasteiger partial charge is 0.259 e. The summed E-state index contributed by atoms with van der Waals surface area (Å²) in [5.41, 5.74) is -1.46. The first kappa shape index (κ1) is 15.7. The molecule has 1 aromatic carbocycles. The predicted octanol–water partition coefficient (Wildman–Crippen LogP) is 2.23. The van der Waals surface area contributed by atoms with Gasteiger partial charge in [-0.25, -0.2) is 22.0 Å². The molecular formula is C13H12F5NO2. The van der Waals surface area contributed by atoms with Crippen molar-refractivity contribution in [2.24, 2.45) is 5.92 Å². The lowest BCUT2D eigenvalue weighted by Crippen LogP contribution is -2.40. The Hall–Kier alpha value is -1.70. The van der Waals surface area contributed by atoms with Gasteiger partial charge in [0.15, 0.2) is 23.3 Å². The lowest BCUT2D eigenvalue weighted by atomic mass is 9.82. The van der Waals surface area contributed by atoms with Crippen LogP contribution >= 0.6 is 0 Å². The fourth-order valence-electron chi connectivity index (χ4n) is 2.30. The summed E-state index contributed by atoms with van der Waals surface area (Å²) in [6.07, 6.45) is 0.372. The highest BCUT2D eigenvalue weighted by atomic mass is 19.2. The van der Waals surface area contributed by atoms with E-state index in [9.17, 15) is 26.7 Å². The number of carbonyl (C=O) groups is 1. The maximum absolute atomic E-state index is 13.5. The molecule has 2 rings (SSSR count). The summed E-state index contributed by atoms with van der Waals surface area (Å²) >= 11 is 0. The van der Waals surface area contributed by atoms with Gasteiger partial charge in [0.05, 0.1) is 6.10 Å². The van der Waals surface area contributed by atoms with E-state index < -0.39 is 46.7 Å². The second-order valence-corrected chi connectivity index (χ2v) is 5.12. The largest absolute Gasteiger partial charge is 0.393 e. The number of amides is 1. The Morgan fingerprint density at radius 3 is 1.90 bits per heavy atom. The second-order valence-electron chi connectivity index (χ2n) is 5.12. The molecule has 116 valence electrons. The lowest BCUT2D eigenvalue weighted by Gasteiger charge is -2.34. The van der Waals surface area contributed by atoms with E-state index >= 15 is 0 Å².